The second-order valence-corrected chi connectivity index (χ2v) is 19.1. The van der Waals surface area contributed by atoms with Crippen LogP contribution in [0.25, 0.3) is 0 Å². The molecule has 0 amide bonds. The Balaban J connectivity index is 1.14. The molecule has 0 N–H and O–H groups in total. The van der Waals surface area contributed by atoms with Crippen molar-refractivity contribution in [2.45, 2.75) is 0 Å². The summed E-state index contributed by atoms with van der Waals surface area (Å²) in [5, 5.41) is 8.73. The average molecular weight is 557 g/mol. The van der Waals surface area contributed by atoms with Crippen LogP contribution >= 0.6 is 141 Å². The first kappa shape index (κ1) is 19.1. The lowest BCUT2D eigenvalue weighted by Crippen LogP contribution is -1.73. The van der Waals surface area contributed by atoms with E-state index in [-0.39, 0.29) is 0 Å². The van der Waals surface area contributed by atoms with Crippen molar-refractivity contribution in [1.29, 1.82) is 0 Å². The Morgan fingerprint density at radius 2 is 0.462 bits per heavy atom. The van der Waals surface area contributed by atoms with Gasteiger partial charge in [0, 0.05) is 0 Å². The third kappa shape index (κ3) is 3.63. The van der Waals surface area contributed by atoms with Gasteiger partial charge in [-0.3, -0.25) is 0 Å². The van der Waals surface area contributed by atoms with Crippen molar-refractivity contribution in [3.8, 4) is 0 Å². The summed E-state index contributed by atoms with van der Waals surface area (Å²) in [6.07, 6.45) is 0. The molecule has 0 aliphatic carbocycles. The molecule has 0 saturated carbocycles. The van der Waals surface area contributed by atoms with Crippen molar-refractivity contribution >= 4 is 141 Å². The molecule has 0 aromatic heterocycles. The summed E-state index contributed by atoms with van der Waals surface area (Å²) in [4.78, 5) is 0. The maximum atomic E-state index is 2.18. The van der Waals surface area contributed by atoms with E-state index < -0.39 is 0 Å². The van der Waals surface area contributed by atoms with Crippen LogP contribution in [0.1, 0.15) is 0 Å². The molecule has 0 nitrogen and oxygen atoms in total. The fourth-order valence-electron chi connectivity index (χ4n) is 2.11. The molecule has 6 aliphatic rings. The molecule has 0 atom stereocenters. The maximum absolute atomic E-state index is 2.18. The van der Waals surface area contributed by atoms with Crippen LogP contribution in [0.3, 0.4) is 0 Å². The molecule has 0 aromatic rings. The Kier molecular flexibility index (Phi) is 5.98. The van der Waals surface area contributed by atoms with Crippen molar-refractivity contribution in [1.82, 2.24) is 0 Å². The van der Waals surface area contributed by atoms with E-state index in [0.29, 0.717) is 0 Å². The third-order valence-corrected chi connectivity index (χ3v) is 20.2. The summed E-state index contributed by atoms with van der Waals surface area (Å²) >= 11 is 23.2. The van der Waals surface area contributed by atoms with Crippen molar-refractivity contribution in [3.63, 3.8) is 0 Å². The first-order chi connectivity index (χ1) is 12.8. The van der Waals surface area contributed by atoms with Gasteiger partial charge in [0.2, 0.25) is 0 Å². The van der Waals surface area contributed by atoms with Gasteiger partial charge >= 0.3 is 0 Å². The second kappa shape index (κ2) is 8.14. The molecule has 0 bridgehead atoms. The van der Waals surface area contributed by atoms with Crippen molar-refractivity contribution in [2.24, 2.45) is 0 Å². The van der Waals surface area contributed by atoms with Crippen LogP contribution in [0.2, 0.25) is 0 Å². The first-order valence-corrected chi connectivity index (χ1v) is 17.0. The Morgan fingerprint density at radius 3 is 0.692 bits per heavy atom. The summed E-state index contributed by atoms with van der Waals surface area (Å²) in [6, 6.07) is 0. The first-order valence-electron chi connectivity index (χ1n) is 6.94. The molecular weight excluding hydrogens is 553 g/mol. The van der Waals surface area contributed by atoms with Gasteiger partial charge in [-0.25, -0.2) is 0 Å². The van der Waals surface area contributed by atoms with Gasteiger partial charge < -0.3 is 0 Å². The highest BCUT2D eigenvalue weighted by Gasteiger charge is 2.38. The Bertz CT molecular complexity index is 803. The molecule has 26 heavy (non-hydrogen) atoms. The number of hydrogen-bond donors (Lipinski definition) is 0. The van der Waals surface area contributed by atoms with Gasteiger partial charge in [0.25, 0.3) is 0 Å². The molecule has 12 heteroatoms. The monoisotopic (exact) mass is 556 g/mol. The van der Waals surface area contributed by atoms with E-state index in [4.69, 9.17) is 0 Å². The van der Waals surface area contributed by atoms with Gasteiger partial charge in [0.05, 0.1) is 42.4 Å². The molecule has 6 heterocycles. The lowest BCUT2D eigenvalue weighted by atomic mass is 11.2. The maximum Gasteiger partial charge on any atom is 0.0718 e. The highest BCUT2D eigenvalue weighted by molar-refractivity contribution is 8.52. The van der Waals surface area contributed by atoms with Crippen LogP contribution in [-0.4, -0.2) is 0 Å². The summed E-state index contributed by atoms with van der Waals surface area (Å²) < 4.78 is 14.7. The standard InChI is InChI=1S/C14H4S12/c1-2-16-5(15-1)7-19-9-10(20-7)24-13(23-9)14-25-11-12(26-14)22-8(21-11)6-17-3-4-18-6/h1-4H. The summed E-state index contributed by atoms with van der Waals surface area (Å²) in [6.45, 7) is 0. The zero-order chi connectivity index (χ0) is 17.1. The number of rotatable bonds is 0. The zero-order valence-electron chi connectivity index (χ0n) is 12.2. The van der Waals surface area contributed by atoms with Crippen molar-refractivity contribution in [2.75, 3.05) is 0 Å². The predicted molar refractivity (Wildman–Crippen MR) is 145 cm³/mol. The molecule has 0 spiro atoms. The lowest BCUT2D eigenvalue weighted by molar-refractivity contribution is 2.34. The van der Waals surface area contributed by atoms with E-state index in [0.717, 1.165) is 0 Å². The van der Waals surface area contributed by atoms with Gasteiger partial charge in [-0.2, -0.15) is 0 Å². The van der Waals surface area contributed by atoms with E-state index >= 15 is 0 Å². The summed E-state index contributed by atoms with van der Waals surface area (Å²) in [5.74, 6) is 0. The molecule has 132 valence electrons. The topological polar surface area (TPSA) is 0 Å². The normalized spacial score (nSPS) is 27.4. The van der Waals surface area contributed by atoms with Gasteiger partial charge in [-0.1, -0.05) is 141 Å². The fraction of sp³-hybridized carbons (Fsp3) is 0. The Labute approximate surface area is 202 Å². The van der Waals surface area contributed by atoms with E-state index in [1.165, 1.54) is 42.4 Å². The second-order valence-electron chi connectivity index (χ2n) is 4.71. The summed E-state index contributed by atoms with van der Waals surface area (Å²) in [5.41, 5.74) is 0. The molecule has 0 radical (unpaired) electrons. The largest absolute Gasteiger partial charge is 0.0884 e. The minimum atomic E-state index is 1.44. The van der Waals surface area contributed by atoms with E-state index in [1.807, 2.05) is 141 Å². The number of hydrogen-bond acceptors (Lipinski definition) is 12. The third-order valence-electron chi connectivity index (χ3n) is 3.13. The number of thioether (sulfide) groups is 12. The van der Waals surface area contributed by atoms with Gasteiger partial charge in [0.1, 0.15) is 0 Å². The molecule has 0 aromatic carbocycles. The molecule has 0 unspecified atom stereocenters. The molecule has 0 fully saturated rings. The van der Waals surface area contributed by atoms with Gasteiger partial charge in [-0.05, 0) is 21.6 Å². The minimum absolute atomic E-state index is 1.44. The minimum Gasteiger partial charge on any atom is -0.0884 e. The Morgan fingerprint density at radius 1 is 0.269 bits per heavy atom. The van der Waals surface area contributed by atoms with Crippen LogP contribution in [0.15, 0.2) is 64.0 Å². The van der Waals surface area contributed by atoms with Crippen molar-refractivity contribution < 1.29 is 0 Å². The fourth-order valence-corrected chi connectivity index (χ4v) is 19.4. The predicted octanol–water partition coefficient (Wildman–Crippen LogP) is 10.4. The molecule has 0 saturated heterocycles. The lowest BCUT2D eigenvalue weighted by Gasteiger charge is -2.08. The van der Waals surface area contributed by atoms with Crippen molar-refractivity contribution in [3.05, 3.63) is 64.0 Å². The molecule has 6 aliphatic heterocycles. The quantitative estimate of drug-likeness (QED) is 0.278. The van der Waals surface area contributed by atoms with E-state index in [1.54, 1.807) is 0 Å². The summed E-state index contributed by atoms with van der Waals surface area (Å²) in [7, 11) is 0. The molecule has 6 rings (SSSR count). The van der Waals surface area contributed by atoms with Gasteiger partial charge in [-0.15, -0.1) is 0 Å². The van der Waals surface area contributed by atoms with Gasteiger partial charge in [0.15, 0.2) is 0 Å². The van der Waals surface area contributed by atoms with E-state index in [2.05, 4.69) is 21.6 Å². The van der Waals surface area contributed by atoms with Crippen LogP contribution in [-0.2, 0) is 0 Å². The van der Waals surface area contributed by atoms with Crippen LogP contribution in [0, 0.1) is 0 Å². The molecular formula is C14H4S12. The SMILES string of the molecule is C1=CSC(=C2SC3=C(S2)SC(=C2SC4=C(SC(=C5SC=CS5)S4)S2)S3)S1. The average Bonchev–Trinajstić information content (AvgIpc) is 3.44. The van der Waals surface area contributed by atoms with E-state index in [9.17, 15) is 0 Å². The highest BCUT2D eigenvalue weighted by atomic mass is 32.3. The zero-order valence-corrected chi connectivity index (χ0v) is 22.0. The van der Waals surface area contributed by atoms with Crippen LogP contribution < -0.4 is 0 Å². The van der Waals surface area contributed by atoms with Crippen LogP contribution in [0.5, 0.6) is 0 Å². The Hall–Kier alpha value is 2.38. The highest BCUT2D eigenvalue weighted by Crippen LogP contribution is 2.74. The smallest absolute Gasteiger partial charge is 0.0718 e. The van der Waals surface area contributed by atoms with Crippen LogP contribution in [0.4, 0.5) is 0 Å².